The lowest BCUT2D eigenvalue weighted by molar-refractivity contribution is -0.138. The summed E-state index contributed by atoms with van der Waals surface area (Å²) in [5.41, 5.74) is 6.04. The highest BCUT2D eigenvalue weighted by molar-refractivity contribution is 6.42. The number of rotatable bonds is 5. The summed E-state index contributed by atoms with van der Waals surface area (Å²) in [6, 6.07) is 4.91. The van der Waals surface area contributed by atoms with E-state index in [1.807, 2.05) is 13.8 Å². The molecule has 0 radical (unpaired) electrons. The van der Waals surface area contributed by atoms with Crippen molar-refractivity contribution in [3.63, 3.8) is 0 Å². The third-order valence-corrected chi connectivity index (χ3v) is 4.16. The summed E-state index contributed by atoms with van der Waals surface area (Å²) in [7, 11) is 0. The summed E-state index contributed by atoms with van der Waals surface area (Å²) in [6.45, 7) is 3.73. The molecule has 0 fully saturated rings. The number of hydrogen-bond donors (Lipinski definition) is 2. The van der Waals surface area contributed by atoms with Crippen molar-refractivity contribution in [1.29, 1.82) is 0 Å². The van der Waals surface area contributed by atoms with E-state index in [1.165, 1.54) is 0 Å². The molecule has 0 heterocycles. The smallest absolute Gasteiger partial charge is 0.304 e. The zero-order valence-corrected chi connectivity index (χ0v) is 11.9. The fraction of sp³-hybridized carbons (Fsp3) is 0.462. The number of halogens is 2. The average Bonchev–Trinajstić information content (AvgIpc) is 2.30. The van der Waals surface area contributed by atoms with E-state index in [1.54, 1.807) is 18.2 Å². The van der Waals surface area contributed by atoms with Crippen LogP contribution in [0.4, 0.5) is 0 Å². The third kappa shape index (κ3) is 2.97. The fourth-order valence-corrected chi connectivity index (χ4v) is 2.65. The van der Waals surface area contributed by atoms with Crippen molar-refractivity contribution in [2.45, 2.75) is 38.1 Å². The van der Waals surface area contributed by atoms with Gasteiger partial charge in [0.05, 0.1) is 16.5 Å². The second kappa shape index (κ2) is 5.91. The van der Waals surface area contributed by atoms with Crippen molar-refractivity contribution < 1.29 is 9.90 Å². The van der Waals surface area contributed by atoms with Crippen LogP contribution in [0, 0.1) is 0 Å². The number of carbonyl (C=O) groups is 1. The van der Waals surface area contributed by atoms with Crippen molar-refractivity contribution in [3.8, 4) is 0 Å². The first-order valence-electron chi connectivity index (χ1n) is 5.74. The normalized spacial score (nSPS) is 16.1. The van der Waals surface area contributed by atoms with Crippen LogP contribution in [0.1, 0.15) is 32.3 Å². The van der Waals surface area contributed by atoms with Gasteiger partial charge in [-0.2, -0.15) is 0 Å². The summed E-state index contributed by atoms with van der Waals surface area (Å²) < 4.78 is 0. The molecular formula is C13H17Cl2NO2. The molecule has 2 unspecified atom stereocenters. The number of carboxylic acid groups (broad SMARTS) is 1. The second-order valence-electron chi connectivity index (χ2n) is 4.60. The van der Waals surface area contributed by atoms with E-state index in [0.717, 1.165) is 0 Å². The largest absolute Gasteiger partial charge is 0.481 e. The number of hydrogen-bond acceptors (Lipinski definition) is 2. The first-order chi connectivity index (χ1) is 8.32. The van der Waals surface area contributed by atoms with Gasteiger partial charge in [-0.15, -0.1) is 0 Å². The van der Waals surface area contributed by atoms with Gasteiger partial charge in [-0.25, -0.2) is 0 Å². The Morgan fingerprint density at radius 3 is 2.61 bits per heavy atom. The van der Waals surface area contributed by atoms with Crippen LogP contribution in [0.25, 0.3) is 0 Å². The molecule has 0 amide bonds. The number of benzene rings is 1. The van der Waals surface area contributed by atoms with Gasteiger partial charge in [-0.3, -0.25) is 4.79 Å². The molecule has 0 aliphatic carbocycles. The van der Waals surface area contributed by atoms with E-state index in [-0.39, 0.29) is 12.5 Å². The molecule has 1 aromatic carbocycles. The molecule has 0 bridgehead atoms. The van der Waals surface area contributed by atoms with E-state index >= 15 is 0 Å². The van der Waals surface area contributed by atoms with Crippen LogP contribution in [0.15, 0.2) is 18.2 Å². The van der Waals surface area contributed by atoms with E-state index in [4.69, 9.17) is 34.0 Å². The van der Waals surface area contributed by atoms with Crippen molar-refractivity contribution in [1.82, 2.24) is 0 Å². The van der Waals surface area contributed by atoms with Crippen LogP contribution in [-0.2, 0) is 10.2 Å². The average molecular weight is 290 g/mol. The minimum absolute atomic E-state index is 0.0813. The van der Waals surface area contributed by atoms with Crippen LogP contribution < -0.4 is 5.73 Å². The lowest BCUT2D eigenvalue weighted by Gasteiger charge is -2.35. The molecule has 0 aromatic heterocycles. The quantitative estimate of drug-likeness (QED) is 0.872. The molecule has 3 N–H and O–H groups in total. The molecule has 2 atom stereocenters. The minimum atomic E-state index is -0.905. The molecule has 18 heavy (non-hydrogen) atoms. The Labute approximate surface area is 117 Å². The zero-order chi connectivity index (χ0) is 13.9. The van der Waals surface area contributed by atoms with Gasteiger partial charge in [0.25, 0.3) is 0 Å². The van der Waals surface area contributed by atoms with Gasteiger partial charge in [0.2, 0.25) is 0 Å². The topological polar surface area (TPSA) is 63.3 Å². The lowest BCUT2D eigenvalue weighted by Crippen LogP contribution is -2.44. The van der Waals surface area contributed by atoms with E-state index in [9.17, 15) is 4.79 Å². The molecule has 3 nitrogen and oxygen atoms in total. The second-order valence-corrected chi connectivity index (χ2v) is 5.39. The number of carboxylic acids is 1. The first kappa shape index (κ1) is 15.3. The fourth-order valence-electron chi connectivity index (χ4n) is 2.14. The van der Waals surface area contributed by atoms with Crippen molar-refractivity contribution in [2.24, 2.45) is 5.73 Å². The Hall–Kier alpha value is -0.770. The Morgan fingerprint density at radius 1 is 1.50 bits per heavy atom. The number of aliphatic carboxylic acids is 1. The van der Waals surface area contributed by atoms with Gasteiger partial charge in [0, 0.05) is 11.5 Å². The number of nitrogens with two attached hydrogens (primary N) is 1. The van der Waals surface area contributed by atoms with Crippen molar-refractivity contribution in [2.75, 3.05) is 0 Å². The van der Waals surface area contributed by atoms with Gasteiger partial charge in [0.1, 0.15) is 0 Å². The lowest BCUT2D eigenvalue weighted by atomic mass is 9.72. The van der Waals surface area contributed by atoms with E-state index in [2.05, 4.69) is 0 Å². The predicted octanol–water partition coefficient (Wildman–Crippen LogP) is 3.46. The molecule has 0 saturated heterocycles. The molecule has 1 aromatic rings. The highest BCUT2D eigenvalue weighted by atomic mass is 35.5. The van der Waals surface area contributed by atoms with E-state index < -0.39 is 11.4 Å². The van der Waals surface area contributed by atoms with E-state index in [0.29, 0.717) is 22.0 Å². The summed E-state index contributed by atoms with van der Waals surface area (Å²) in [5, 5.41) is 9.88. The molecule has 5 heteroatoms. The van der Waals surface area contributed by atoms with Gasteiger partial charge < -0.3 is 10.8 Å². The molecule has 0 aliphatic heterocycles. The van der Waals surface area contributed by atoms with Gasteiger partial charge in [-0.05, 0) is 18.1 Å². The molecule has 1 rings (SSSR count). The van der Waals surface area contributed by atoms with Gasteiger partial charge >= 0.3 is 5.97 Å². The Balaban J connectivity index is 3.34. The standard InChI is InChI=1S/C13H17Cl2NO2/c1-3-10(16)13(2,7-11(17)18)8-5-4-6-9(14)12(8)15/h4-6,10H,3,7,16H2,1-2H3,(H,17,18). The van der Waals surface area contributed by atoms with Gasteiger partial charge in [0.15, 0.2) is 0 Å². The molecule has 100 valence electrons. The monoisotopic (exact) mass is 289 g/mol. The Bertz CT molecular complexity index is 451. The van der Waals surface area contributed by atoms with Crippen LogP contribution in [-0.4, -0.2) is 17.1 Å². The Kier molecular flexibility index (Phi) is 5.02. The van der Waals surface area contributed by atoms with Gasteiger partial charge in [-0.1, -0.05) is 49.2 Å². The Morgan fingerprint density at radius 2 is 2.11 bits per heavy atom. The first-order valence-corrected chi connectivity index (χ1v) is 6.50. The summed E-state index contributed by atoms with van der Waals surface area (Å²) in [6.07, 6.45) is 0.578. The molecular weight excluding hydrogens is 273 g/mol. The van der Waals surface area contributed by atoms with Crippen LogP contribution in [0.2, 0.25) is 10.0 Å². The maximum absolute atomic E-state index is 11.1. The van der Waals surface area contributed by atoms with Crippen LogP contribution in [0.5, 0.6) is 0 Å². The van der Waals surface area contributed by atoms with Crippen LogP contribution >= 0.6 is 23.2 Å². The van der Waals surface area contributed by atoms with Crippen LogP contribution in [0.3, 0.4) is 0 Å². The predicted molar refractivity (Wildman–Crippen MR) is 74.3 cm³/mol. The highest BCUT2D eigenvalue weighted by Crippen LogP contribution is 2.39. The van der Waals surface area contributed by atoms with Crippen molar-refractivity contribution >= 4 is 29.2 Å². The summed E-state index contributed by atoms with van der Waals surface area (Å²) in [4.78, 5) is 11.1. The maximum Gasteiger partial charge on any atom is 0.304 e. The molecule has 0 aliphatic rings. The van der Waals surface area contributed by atoms with Crippen molar-refractivity contribution in [3.05, 3.63) is 33.8 Å². The summed E-state index contributed by atoms with van der Waals surface area (Å²) >= 11 is 12.2. The highest BCUT2D eigenvalue weighted by Gasteiger charge is 2.37. The minimum Gasteiger partial charge on any atom is -0.481 e. The molecule has 0 spiro atoms. The zero-order valence-electron chi connectivity index (χ0n) is 10.4. The summed E-state index contributed by atoms with van der Waals surface area (Å²) in [5.74, 6) is -0.905. The molecule has 0 saturated carbocycles. The third-order valence-electron chi connectivity index (χ3n) is 3.34. The maximum atomic E-state index is 11.1. The SMILES string of the molecule is CCC(N)C(C)(CC(=O)O)c1cccc(Cl)c1Cl.